The van der Waals surface area contributed by atoms with Gasteiger partial charge in [-0.2, -0.15) is 4.31 Å². The van der Waals surface area contributed by atoms with E-state index in [1.54, 1.807) is 5.51 Å². The van der Waals surface area contributed by atoms with Crippen LogP contribution in [0.15, 0.2) is 41.2 Å². The average Bonchev–Trinajstić information content (AvgIpc) is 3.57. The molecule has 4 rings (SSSR count). The molecule has 1 aliphatic carbocycles. The number of hydrogen-bond acceptors (Lipinski definition) is 9. The molecule has 11 nitrogen and oxygen atoms in total. The molecular formula is C35H56ClN5O6S2. The van der Waals surface area contributed by atoms with Crippen LogP contribution in [-0.2, 0) is 32.5 Å². The van der Waals surface area contributed by atoms with Crippen molar-refractivity contribution in [3.63, 3.8) is 0 Å². The molecule has 1 aromatic heterocycles. The standard InChI is InChI=1S/C35H55N5O6S2.ClH/c1-25(2)18-32(41)33(42)30(20-27-12-8-5-9-13-27)37-35(44)31(21-29-22-47-24-36-29)38-34(43)28(19-26-10-6-4-7-11-26)23-48(45,46)40-16-14-39(3)15-17-40;/h4,6-7,10-11,22,24-25,27-28,30-33,41-42H,5,8-9,12-21,23H2,1-3H3,(H,37,44)(H,38,43);1H. The molecule has 2 heterocycles. The number of aliphatic hydroxyl groups is 2. The molecule has 2 amide bonds. The first-order valence-corrected chi connectivity index (χ1v) is 20.0. The number of aliphatic hydroxyl groups excluding tert-OH is 2. The maximum absolute atomic E-state index is 14.1. The molecule has 276 valence electrons. The van der Waals surface area contributed by atoms with Crippen molar-refractivity contribution < 1.29 is 28.2 Å². The molecule has 1 saturated carbocycles. The summed E-state index contributed by atoms with van der Waals surface area (Å²) in [6.45, 7) is 5.90. The third kappa shape index (κ3) is 13.2. The van der Waals surface area contributed by atoms with Crippen LogP contribution in [0, 0.1) is 17.8 Å². The predicted octanol–water partition coefficient (Wildman–Crippen LogP) is 3.25. The fraction of sp³-hybridized carbons (Fsp3) is 0.686. The highest BCUT2D eigenvalue weighted by atomic mass is 35.5. The van der Waals surface area contributed by atoms with Gasteiger partial charge < -0.3 is 25.7 Å². The van der Waals surface area contributed by atoms with Crippen LogP contribution in [0.2, 0.25) is 0 Å². The van der Waals surface area contributed by atoms with Crippen LogP contribution in [0.3, 0.4) is 0 Å². The van der Waals surface area contributed by atoms with Gasteiger partial charge in [0.2, 0.25) is 21.8 Å². The van der Waals surface area contributed by atoms with E-state index < -0.39 is 52.0 Å². The number of carbonyl (C=O) groups excluding carboxylic acids is 2. The van der Waals surface area contributed by atoms with E-state index in [4.69, 9.17) is 0 Å². The first kappa shape index (κ1) is 41.3. The minimum atomic E-state index is -3.77. The number of carbonyl (C=O) groups is 2. The van der Waals surface area contributed by atoms with Gasteiger partial charge in [-0.3, -0.25) is 9.59 Å². The van der Waals surface area contributed by atoms with Crippen LogP contribution in [0.4, 0.5) is 0 Å². The molecule has 2 aromatic rings. The largest absolute Gasteiger partial charge is 0.390 e. The lowest BCUT2D eigenvalue weighted by Gasteiger charge is -2.34. The highest BCUT2D eigenvalue weighted by Crippen LogP contribution is 2.29. The van der Waals surface area contributed by atoms with Crippen molar-refractivity contribution in [2.24, 2.45) is 17.8 Å². The van der Waals surface area contributed by atoms with E-state index >= 15 is 0 Å². The highest BCUT2D eigenvalue weighted by molar-refractivity contribution is 7.89. The van der Waals surface area contributed by atoms with Crippen LogP contribution in [0.5, 0.6) is 0 Å². The van der Waals surface area contributed by atoms with Crippen LogP contribution >= 0.6 is 23.7 Å². The van der Waals surface area contributed by atoms with Crippen molar-refractivity contribution in [2.45, 2.75) is 95.9 Å². The van der Waals surface area contributed by atoms with Crippen molar-refractivity contribution in [2.75, 3.05) is 39.0 Å². The third-order valence-electron chi connectivity index (χ3n) is 9.65. The summed E-state index contributed by atoms with van der Waals surface area (Å²) in [5.41, 5.74) is 3.10. The van der Waals surface area contributed by atoms with Crippen LogP contribution in [0.25, 0.3) is 0 Å². The van der Waals surface area contributed by atoms with E-state index in [1.165, 1.54) is 22.1 Å². The number of nitrogens with zero attached hydrogens (tertiary/aromatic N) is 3. The Kier molecular flexibility index (Phi) is 16.9. The van der Waals surface area contributed by atoms with Crippen LogP contribution in [0.1, 0.15) is 70.1 Å². The van der Waals surface area contributed by atoms with Crippen molar-refractivity contribution in [1.29, 1.82) is 0 Å². The molecule has 2 aliphatic rings. The molecule has 4 N–H and O–H groups in total. The smallest absolute Gasteiger partial charge is 0.243 e. The van der Waals surface area contributed by atoms with Gasteiger partial charge in [0.05, 0.1) is 35.0 Å². The maximum Gasteiger partial charge on any atom is 0.243 e. The van der Waals surface area contributed by atoms with Crippen LogP contribution in [-0.4, -0.2) is 108 Å². The van der Waals surface area contributed by atoms with Gasteiger partial charge in [0.1, 0.15) is 12.1 Å². The minimum Gasteiger partial charge on any atom is -0.390 e. The number of halogens is 1. The van der Waals surface area contributed by atoms with E-state index in [1.807, 2.05) is 56.6 Å². The Bertz CT molecular complexity index is 1370. The second-order valence-corrected chi connectivity index (χ2v) is 16.9. The number of likely N-dealkylation sites (N-methyl/N-ethyl adjacent to an activating group) is 1. The molecule has 5 unspecified atom stereocenters. The monoisotopic (exact) mass is 741 g/mol. The number of sulfonamides is 1. The lowest BCUT2D eigenvalue weighted by Crippen LogP contribution is -2.57. The zero-order valence-corrected chi connectivity index (χ0v) is 31.5. The molecule has 14 heteroatoms. The Hall–Kier alpha value is -2.13. The number of piperazine rings is 1. The predicted molar refractivity (Wildman–Crippen MR) is 196 cm³/mol. The zero-order valence-electron chi connectivity index (χ0n) is 29.1. The summed E-state index contributed by atoms with van der Waals surface area (Å²) < 4.78 is 28.7. The van der Waals surface area contributed by atoms with Crippen LogP contribution < -0.4 is 10.6 Å². The number of thiazole rings is 1. The van der Waals surface area contributed by atoms with Gasteiger partial charge in [-0.1, -0.05) is 76.3 Å². The molecule has 0 bridgehead atoms. The average molecular weight is 742 g/mol. The Morgan fingerprint density at radius 1 is 0.980 bits per heavy atom. The van der Waals surface area contributed by atoms with E-state index in [0.29, 0.717) is 50.6 Å². The summed E-state index contributed by atoms with van der Waals surface area (Å²) in [5.74, 6) is -1.89. The van der Waals surface area contributed by atoms with E-state index in [0.717, 1.165) is 31.2 Å². The number of benzene rings is 1. The molecule has 1 aromatic carbocycles. The Labute approximate surface area is 302 Å². The summed E-state index contributed by atoms with van der Waals surface area (Å²) in [5, 5.41) is 29.9. The third-order valence-corrected chi connectivity index (χ3v) is 12.3. The Morgan fingerprint density at radius 3 is 2.27 bits per heavy atom. The SMILES string of the molecule is CC(C)CC(O)C(O)C(CC1CCCCC1)NC(=O)C(Cc1cscn1)NC(=O)C(Cc1ccccc1)CS(=O)(=O)N1CCN(C)CC1.Cl. The highest BCUT2D eigenvalue weighted by Gasteiger charge is 2.36. The second-order valence-electron chi connectivity index (χ2n) is 14.2. The fourth-order valence-corrected chi connectivity index (χ4v) is 9.12. The molecule has 1 aliphatic heterocycles. The summed E-state index contributed by atoms with van der Waals surface area (Å²) in [7, 11) is -1.82. The lowest BCUT2D eigenvalue weighted by atomic mass is 9.82. The number of aromatic nitrogens is 1. The Morgan fingerprint density at radius 2 is 1.65 bits per heavy atom. The first-order chi connectivity index (χ1) is 22.9. The molecule has 49 heavy (non-hydrogen) atoms. The second kappa shape index (κ2) is 20.0. The van der Waals surface area contributed by atoms with Crippen molar-refractivity contribution >= 4 is 45.6 Å². The number of hydrogen-bond donors (Lipinski definition) is 4. The summed E-state index contributed by atoms with van der Waals surface area (Å²) >= 11 is 1.38. The fourth-order valence-electron chi connectivity index (χ4n) is 6.84. The van der Waals surface area contributed by atoms with Gasteiger partial charge in [0, 0.05) is 38.0 Å². The number of nitrogens with one attached hydrogen (secondary N) is 2. The molecule has 0 radical (unpaired) electrons. The Balaban J connectivity index is 0.00000650. The molecule has 1 saturated heterocycles. The number of rotatable bonds is 17. The normalized spacial score (nSPS) is 19.7. The van der Waals surface area contributed by atoms with E-state index in [2.05, 4.69) is 20.5 Å². The summed E-state index contributed by atoms with van der Waals surface area (Å²) in [6.07, 6.45) is 4.38. The van der Waals surface area contributed by atoms with Gasteiger partial charge in [-0.05, 0) is 43.7 Å². The molecule has 5 atom stereocenters. The van der Waals surface area contributed by atoms with E-state index in [9.17, 15) is 28.2 Å². The number of amides is 2. The zero-order chi connectivity index (χ0) is 34.7. The molecular weight excluding hydrogens is 686 g/mol. The molecule has 2 fully saturated rings. The summed E-state index contributed by atoms with van der Waals surface area (Å²) in [6, 6.07) is 7.52. The quantitative estimate of drug-likeness (QED) is 0.193. The van der Waals surface area contributed by atoms with E-state index in [-0.39, 0.29) is 36.9 Å². The van der Waals surface area contributed by atoms with Crippen molar-refractivity contribution in [1.82, 2.24) is 24.8 Å². The first-order valence-electron chi connectivity index (χ1n) is 17.5. The molecule has 0 spiro atoms. The maximum atomic E-state index is 14.1. The summed E-state index contributed by atoms with van der Waals surface area (Å²) in [4.78, 5) is 34.6. The van der Waals surface area contributed by atoms with Gasteiger partial charge in [-0.15, -0.1) is 23.7 Å². The lowest BCUT2D eigenvalue weighted by molar-refractivity contribution is -0.132. The van der Waals surface area contributed by atoms with Gasteiger partial charge in [-0.25, -0.2) is 13.4 Å². The van der Waals surface area contributed by atoms with Crippen molar-refractivity contribution in [3.8, 4) is 0 Å². The van der Waals surface area contributed by atoms with Gasteiger partial charge >= 0.3 is 0 Å². The minimum absolute atomic E-state index is 0. The van der Waals surface area contributed by atoms with Crippen molar-refractivity contribution in [3.05, 3.63) is 52.5 Å². The van der Waals surface area contributed by atoms with Gasteiger partial charge in [0.15, 0.2) is 0 Å². The van der Waals surface area contributed by atoms with Gasteiger partial charge in [0.25, 0.3) is 0 Å². The topological polar surface area (TPSA) is 152 Å².